The molecule has 0 radical (unpaired) electrons. The summed E-state index contributed by atoms with van der Waals surface area (Å²) in [5.74, 6) is 0.761. The first-order valence-electron chi connectivity index (χ1n) is 6.41. The van der Waals surface area contributed by atoms with E-state index in [1.54, 1.807) is 0 Å². The molecule has 0 fully saturated rings. The Labute approximate surface area is 116 Å². The number of nitrogens with two attached hydrogens (primary N) is 1. The van der Waals surface area contributed by atoms with Gasteiger partial charge in [-0.05, 0) is 24.3 Å². The fourth-order valence-corrected chi connectivity index (χ4v) is 1.89. The lowest BCUT2D eigenvalue weighted by molar-refractivity contribution is 0.328. The Hall–Kier alpha value is -2.53. The Kier molecular flexibility index (Phi) is 3.52. The molecule has 0 atom stereocenters. The van der Waals surface area contributed by atoms with Gasteiger partial charge in [0.1, 0.15) is 17.9 Å². The number of para-hydroxylation sites is 2. The number of hydrogen-bond acceptors (Lipinski definition) is 5. The average Bonchev–Trinajstić information content (AvgIpc) is 2.87. The highest BCUT2D eigenvalue weighted by Gasteiger charge is 2.05. The van der Waals surface area contributed by atoms with Crippen LogP contribution in [0.3, 0.4) is 0 Å². The van der Waals surface area contributed by atoms with Crippen LogP contribution in [0.2, 0.25) is 0 Å². The topological polar surface area (TPSA) is 73.3 Å². The second kappa shape index (κ2) is 5.63. The van der Waals surface area contributed by atoms with E-state index >= 15 is 0 Å². The molecule has 3 rings (SSSR count). The van der Waals surface area contributed by atoms with Gasteiger partial charge in [-0.15, -0.1) is 0 Å². The normalized spacial score (nSPS) is 10.7. The van der Waals surface area contributed by atoms with Gasteiger partial charge < -0.3 is 20.2 Å². The van der Waals surface area contributed by atoms with Gasteiger partial charge in [-0.3, -0.25) is 0 Å². The summed E-state index contributed by atoms with van der Waals surface area (Å²) < 4.78 is 11.1. The number of fused-ring (bicyclic) bond motifs is 1. The molecule has 0 bridgehead atoms. The molecule has 2 aromatic carbocycles. The molecule has 5 nitrogen and oxygen atoms in total. The molecule has 1 heterocycles. The predicted molar refractivity (Wildman–Crippen MR) is 78.3 cm³/mol. The summed E-state index contributed by atoms with van der Waals surface area (Å²) >= 11 is 0. The van der Waals surface area contributed by atoms with Gasteiger partial charge in [-0.25, -0.2) is 0 Å². The number of nitrogens with one attached hydrogen (secondary N) is 1. The number of aromatic nitrogens is 1. The molecule has 1 aromatic heterocycles. The highest BCUT2D eigenvalue weighted by molar-refractivity contribution is 5.75. The zero-order chi connectivity index (χ0) is 13.8. The van der Waals surface area contributed by atoms with Crippen molar-refractivity contribution in [3.05, 3.63) is 48.5 Å². The fourth-order valence-electron chi connectivity index (χ4n) is 1.89. The van der Waals surface area contributed by atoms with Gasteiger partial charge in [0.05, 0.1) is 0 Å². The number of ether oxygens (including phenoxy) is 1. The van der Waals surface area contributed by atoms with Crippen molar-refractivity contribution in [3.63, 3.8) is 0 Å². The summed E-state index contributed by atoms with van der Waals surface area (Å²) in [6.07, 6.45) is 0. The number of benzene rings is 2. The van der Waals surface area contributed by atoms with Crippen molar-refractivity contribution in [2.24, 2.45) is 5.73 Å². The van der Waals surface area contributed by atoms with E-state index in [0.29, 0.717) is 19.2 Å². The number of anilines is 2. The minimum atomic E-state index is 0.460. The fraction of sp³-hybridized carbons (Fsp3) is 0.133. The van der Waals surface area contributed by atoms with Gasteiger partial charge in [0.2, 0.25) is 0 Å². The van der Waals surface area contributed by atoms with E-state index in [2.05, 4.69) is 10.3 Å². The van der Waals surface area contributed by atoms with Crippen LogP contribution >= 0.6 is 0 Å². The molecule has 0 aliphatic carbocycles. The second-order valence-electron chi connectivity index (χ2n) is 4.28. The van der Waals surface area contributed by atoms with Crippen molar-refractivity contribution in [1.82, 2.24) is 4.98 Å². The SMILES string of the molecule is NCCOc1cccc(Nc2nc3ccccc3o2)c1. The van der Waals surface area contributed by atoms with Gasteiger partial charge in [0.15, 0.2) is 5.58 Å². The zero-order valence-corrected chi connectivity index (χ0v) is 10.9. The van der Waals surface area contributed by atoms with Gasteiger partial charge in [0.25, 0.3) is 6.01 Å². The maximum absolute atomic E-state index is 5.61. The van der Waals surface area contributed by atoms with E-state index in [1.807, 2.05) is 48.5 Å². The molecule has 0 amide bonds. The number of oxazole rings is 1. The Balaban J connectivity index is 1.79. The quantitative estimate of drug-likeness (QED) is 0.745. The number of nitrogens with zero attached hydrogens (tertiary/aromatic N) is 1. The molecule has 0 unspecified atom stereocenters. The Morgan fingerprint density at radius 2 is 2.05 bits per heavy atom. The molecule has 102 valence electrons. The third-order valence-corrected chi connectivity index (χ3v) is 2.77. The molecule has 20 heavy (non-hydrogen) atoms. The Bertz CT molecular complexity index is 676. The van der Waals surface area contributed by atoms with Crippen LogP contribution in [0.25, 0.3) is 11.1 Å². The van der Waals surface area contributed by atoms with Gasteiger partial charge >= 0.3 is 0 Å². The third kappa shape index (κ3) is 2.73. The molecule has 0 saturated carbocycles. The molecule has 3 N–H and O–H groups in total. The first-order chi connectivity index (χ1) is 9.85. The van der Waals surface area contributed by atoms with Gasteiger partial charge in [-0.1, -0.05) is 18.2 Å². The summed E-state index contributed by atoms with van der Waals surface area (Å²) in [6, 6.07) is 15.7. The van der Waals surface area contributed by atoms with Crippen LogP contribution in [0.15, 0.2) is 52.9 Å². The lowest BCUT2D eigenvalue weighted by Gasteiger charge is -2.06. The average molecular weight is 269 g/mol. The summed E-state index contributed by atoms with van der Waals surface area (Å²) in [6.45, 7) is 0.981. The van der Waals surface area contributed by atoms with Crippen molar-refractivity contribution in [3.8, 4) is 5.75 Å². The van der Waals surface area contributed by atoms with Crippen molar-refractivity contribution in [2.45, 2.75) is 0 Å². The van der Waals surface area contributed by atoms with Crippen molar-refractivity contribution in [1.29, 1.82) is 0 Å². The van der Waals surface area contributed by atoms with Crippen LogP contribution in [0.5, 0.6) is 5.75 Å². The zero-order valence-electron chi connectivity index (χ0n) is 10.9. The largest absolute Gasteiger partial charge is 0.492 e. The molecule has 3 aromatic rings. The van der Waals surface area contributed by atoms with Crippen LogP contribution in [0.4, 0.5) is 11.7 Å². The van der Waals surface area contributed by atoms with Crippen molar-refractivity contribution in [2.75, 3.05) is 18.5 Å². The molecular formula is C15H15N3O2. The molecule has 0 aliphatic rings. The summed E-state index contributed by atoms with van der Waals surface area (Å²) in [5, 5.41) is 3.12. The van der Waals surface area contributed by atoms with Crippen LogP contribution < -0.4 is 15.8 Å². The Morgan fingerprint density at radius 1 is 1.15 bits per heavy atom. The lowest BCUT2D eigenvalue weighted by atomic mass is 10.3. The summed E-state index contributed by atoms with van der Waals surface area (Å²) in [7, 11) is 0. The smallest absolute Gasteiger partial charge is 0.300 e. The van der Waals surface area contributed by atoms with Crippen LogP contribution in [-0.2, 0) is 0 Å². The highest BCUT2D eigenvalue weighted by Crippen LogP contribution is 2.24. The maximum Gasteiger partial charge on any atom is 0.300 e. The highest BCUT2D eigenvalue weighted by atomic mass is 16.5. The van der Waals surface area contributed by atoms with E-state index < -0.39 is 0 Å². The molecule has 0 aliphatic heterocycles. The standard InChI is InChI=1S/C15H15N3O2/c16-8-9-19-12-5-3-4-11(10-12)17-15-18-13-6-1-2-7-14(13)20-15/h1-7,10H,8-9,16H2,(H,17,18). The first kappa shape index (κ1) is 12.5. The van der Waals surface area contributed by atoms with Crippen LogP contribution in [-0.4, -0.2) is 18.1 Å². The van der Waals surface area contributed by atoms with Gasteiger partial charge in [-0.2, -0.15) is 4.98 Å². The molecule has 0 saturated heterocycles. The monoisotopic (exact) mass is 269 g/mol. The van der Waals surface area contributed by atoms with Crippen molar-refractivity contribution < 1.29 is 9.15 Å². The lowest BCUT2D eigenvalue weighted by Crippen LogP contribution is -2.10. The van der Waals surface area contributed by atoms with E-state index in [4.69, 9.17) is 14.9 Å². The maximum atomic E-state index is 5.61. The number of rotatable bonds is 5. The summed E-state index contributed by atoms with van der Waals surface area (Å²) in [4.78, 5) is 4.36. The van der Waals surface area contributed by atoms with E-state index in [9.17, 15) is 0 Å². The van der Waals surface area contributed by atoms with Crippen LogP contribution in [0.1, 0.15) is 0 Å². The van der Waals surface area contributed by atoms with E-state index in [0.717, 1.165) is 22.5 Å². The van der Waals surface area contributed by atoms with Crippen molar-refractivity contribution >= 4 is 22.8 Å². The third-order valence-electron chi connectivity index (χ3n) is 2.77. The minimum absolute atomic E-state index is 0.460. The molecular weight excluding hydrogens is 254 g/mol. The second-order valence-corrected chi connectivity index (χ2v) is 4.28. The van der Waals surface area contributed by atoms with E-state index in [1.165, 1.54) is 0 Å². The molecule has 0 spiro atoms. The first-order valence-corrected chi connectivity index (χ1v) is 6.41. The predicted octanol–water partition coefficient (Wildman–Crippen LogP) is 2.91. The Morgan fingerprint density at radius 3 is 2.90 bits per heavy atom. The molecule has 5 heteroatoms. The minimum Gasteiger partial charge on any atom is -0.492 e. The van der Waals surface area contributed by atoms with Crippen LogP contribution in [0, 0.1) is 0 Å². The number of hydrogen-bond donors (Lipinski definition) is 2. The summed E-state index contributed by atoms with van der Waals surface area (Å²) in [5.41, 5.74) is 7.85. The van der Waals surface area contributed by atoms with E-state index in [-0.39, 0.29) is 0 Å². The van der Waals surface area contributed by atoms with Gasteiger partial charge in [0, 0.05) is 18.3 Å².